The Balaban J connectivity index is 2.11. The van der Waals surface area contributed by atoms with Crippen molar-refractivity contribution in [2.24, 2.45) is 5.92 Å². The molecule has 2 nitrogen and oxygen atoms in total. The highest BCUT2D eigenvalue weighted by Crippen LogP contribution is 2.19. The second-order valence-electron chi connectivity index (χ2n) is 3.75. The fraction of sp³-hybridized carbons (Fsp3) is 1.00. The Labute approximate surface area is 75.7 Å². The molecule has 0 amide bonds. The summed E-state index contributed by atoms with van der Waals surface area (Å²) in [5, 5.41) is 3.45. The van der Waals surface area contributed by atoms with Crippen LogP contribution in [0.2, 0.25) is 0 Å². The van der Waals surface area contributed by atoms with Crippen LogP contribution in [-0.2, 0) is 4.74 Å². The molecule has 1 unspecified atom stereocenters. The van der Waals surface area contributed by atoms with Crippen molar-refractivity contribution in [3.63, 3.8) is 0 Å². The third-order valence-electron chi connectivity index (χ3n) is 2.58. The van der Waals surface area contributed by atoms with Gasteiger partial charge in [0.05, 0.1) is 0 Å². The van der Waals surface area contributed by atoms with Crippen LogP contribution in [0.15, 0.2) is 0 Å². The molecule has 1 aliphatic rings. The minimum absolute atomic E-state index is 0.679. The van der Waals surface area contributed by atoms with E-state index in [-0.39, 0.29) is 0 Å². The van der Waals surface area contributed by atoms with E-state index < -0.39 is 0 Å². The minimum atomic E-state index is 0.679. The van der Waals surface area contributed by atoms with E-state index in [4.69, 9.17) is 4.74 Å². The molecule has 1 N–H and O–H groups in total. The molecule has 1 heterocycles. The fourth-order valence-electron chi connectivity index (χ4n) is 1.91. The molecule has 0 aromatic rings. The second kappa shape index (κ2) is 5.55. The topological polar surface area (TPSA) is 21.3 Å². The van der Waals surface area contributed by atoms with Crippen LogP contribution in [0.1, 0.15) is 33.1 Å². The van der Waals surface area contributed by atoms with Gasteiger partial charge in [-0.15, -0.1) is 0 Å². The lowest BCUT2D eigenvalue weighted by atomic mass is 9.93. The highest BCUT2D eigenvalue weighted by Gasteiger charge is 2.15. The summed E-state index contributed by atoms with van der Waals surface area (Å²) in [6.45, 7) is 7.48. The zero-order valence-corrected chi connectivity index (χ0v) is 8.31. The van der Waals surface area contributed by atoms with Gasteiger partial charge in [0, 0.05) is 19.3 Å². The third-order valence-corrected chi connectivity index (χ3v) is 2.58. The average Bonchev–Trinajstić information content (AvgIpc) is 2.06. The Morgan fingerprint density at radius 2 is 2.08 bits per heavy atom. The maximum atomic E-state index is 5.32. The first kappa shape index (κ1) is 10.0. The molecule has 72 valence electrons. The van der Waals surface area contributed by atoms with Gasteiger partial charge in [-0.2, -0.15) is 0 Å². The Kier molecular flexibility index (Phi) is 4.62. The molecule has 1 saturated heterocycles. The number of nitrogens with one attached hydrogen (secondary N) is 1. The standard InChI is InChI=1S/C10H21NO/c1-3-11-9(2)8-10-4-6-12-7-5-10/h9-11H,3-8H2,1-2H3. The van der Waals surface area contributed by atoms with Crippen LogP contribution in [0.3, 0.4) is 0 Å². The van der Waals surface area contributed by atoms with Gasteiger partial charge in [-0.25, -0.2) is 0 Å². The minimum Gasteiger partial charge on any atom is -0.381 e. The van der Waals surface area contributed by atoms with E-state index in [2.05, 4.69) is 19.2 Å². The molecular weight excluding hydrogens is 150 g/mol. The van der Waals surface area contributed by atoms with Crippen molar-refractivity contribution in [2.45, 2.75) is 39.2 Å². The van der Waals surface area contributed by atoms with Crippen molar-refractivity contribution >= 4 is 0 Å². The monoisotopic (exact) mass is 171 g/mol. The van der Waals surface area contributed by atoms with E-state index in [1.165, 1.54) is 19.3 Å². The number of hydrogen-bond donors (Lipinski definition) is 1. The normalized spacial score (nSPS) is 22.5. The summed E-state index contributed by atoms with van der Waals surface area (Å²) in [4.78, 5) is 0. The van der Waals surface area contributed by atoms with Crippen LogP contribution in [0.25, 0.3) is 0 Å². The van der Waals surface area contributed by atoms with Gasteiger partial charge in [-0.3, -0.25) is 0 Å². The van der Waals surface area contributed by atoms with Gasteiger partial charge in [0.15, 0.2) is 0 Å². The summed E-state index contributed by atoms with van der Waals surface area (Å²) in [6, 6.07) is 0.679. The molecule has 0 bridgehead atoms. The lowest BCUT2D eigenvalue weighted by Gasteiger charge is -2.25. The molecular formula is C10H21NO. The maximum absolute atomic E-state index is 5.32. The van der Waals surface area contributed by atoms with Crippen LogP contribution in [0, 0.1) is 5.92 Å². The van der Waals surface area contributed by atoms with E-state index >= 15 is 0 Å². The molecule has 1 aliphatic heterocycles. The molecule has 0 radical (unpaired) electrons. The van der Waals surface area contributed by atoms with Crippen LogP contribution >= 0.6 is 0 Å². The van der Waals surface area contributed by atoms with E-state index in [1.807, 2.05) is 0 Å². The van der Waals surface area contributed by atoms with Crippen molar-refractivity contribution < 1.29 is 4.74 Å². The van der Waals surface area contributed by atoms with Crippen molar-refractivity contribution in [3.05, 3.63) is 0 Å². The van der Waals surface area contributed by atoms with Gasteiger partial charge < -0.3 is 10.1 Å². The van der Waals surface area contributed by atoms with Crippen molar-refractivity contribution in [1.29, 1.82) is 0 Å². The van der Waals surface area contributed by atoms with Crippen LogP contribution < -0.4 is 5.32 Å². The number of rotatable bonds is 4. The highest BCUT2D eigenvalue weighted by molar-refractivity contribution is 4.69. The molecule has 0 aliphatic carbocycles. The van der Waals surface area contributed by atoms with Gasteiger partial charge in [0.2, 0.25) is 0 Å². The van der Waals surface area contributed by atoms with E-state index in [0.717, 1.165) is 25.7 Å². The average molecular weight is 171 g/mol. The smallest absolute Gasteiger partial charge is 0.0468 e. The van der Waals surface area contributed by atoms with E-state index in [0.29, 0.717) is 6.04 Å². The second-order valence-corrected chi connectivity index (χ2v) is 3.75. The molecule has 1 fully saturated rings. The summed E-state index contributed by atoms with van der Waals surface area (Å²) in [5.74, 6) is 0.896. The summed E-state index contributed by atoms with van der Waals surface area (Å²) >= 11 is 0. The SMILES string of the molecule is CCNC(C)CC1CCOCC1. The molecule has 0 saturated carbocycles. The van der Waals surface area contributed by atoms with Crippen molar-refractivity contribution in [3.8, 4) is 0 Å². The summed E-state index contributed by atoms with van der Waals surface area (Å²) in [7, 11) is 0. The third kappa shape index (κ3) is 3.55. The largest absolute Gasteiger partial charge is 0.381 e. The molecule has 1 rings (SSSR count). The fourth-order valence-corrected chi connectivity index (χ4v) is 1.91. The number of hydrogen-bond acceptors (Lipinski definition) is 2. The first-order valence-electron chi connectivity index (χ1n) is 5.14. The molecule has 2 heteroatoms. The van der Waals surface area contributed by atoms with Crippen LogP contribution in [0.4, 0.5) is 0 Å². The maximum Gasteiger partial charge on any atom is 0.0468 e. The Hall–Kier alpha value is -0.0800. The van der Waals surface area contributed by atoms with Gasteiger partial charge in [0.1, 0.15) is 0 Å². The van der Waals surface area contributed by atoms with Crippen molar-refractivity contribution in [1.82, 2.24) is 5.32 Å². The quantitative estimate of drug-likeness (QED) is 0.696. The van der Waals surface area contributed by atoms with Crippen LogP contribution in [-0.4, -0.2) is 25.8 Å². The van der Waals surface area contributed by atoms with Gasteiger partial charge in [0.25, 0.3) is 0 Å². The zero-order chi connectivity index (χ0) is 8.81. The number of ether oxygens (including phenoxy) is 1. The van der Waals surface area contributed by atoms with Crippen LogP contribution in [0.5, 0.6) is 0 Å². The first-order chi connectivity index (χ1) is 5.83. The lowest BCUT2D eigenvalue weighted by Crippen LogP contribution is -2.29. The lowest BCUT2D eigenvalue weighted by molar-refractivity contribution is 0.0612. The first-order valence-corrected chi connectivity index (χ1v) is 5.14. The van der Waals surface area contributed by atoms with Crippen molar-refractivity contribution in [2.75, 3.05) is 19.8 Å². The molecule has 0 aromatic carbocycles. The summed E-state index contributed by atoms with van der Waals surface area (Å²) in [6.07, 6.45) is 3.84. The predicted octanol–water partition coefficient (Wildman–Crippen LogP) is 1.80. The zero-order valence-electron chi connectivity index (χ0n) is 8.31. The van der Waals surface area contributed by atoms with Gasteiger partial charge >= 0.3 is 0 Å². The Morgan fingerprint density at radius 1 is 1.42 bits per heavy atom. The van der Waals surface area contributed by atoms with E-state index in [9.17, 15) is 0 Å². The van der Waals surface area contributed by atoms with Gasteiger partial charge in [-0.1, -0.05) is 6.92 Å². The van der Waals surface area contributed by atoms with E-state index in [1.54, 1.807) is 0 Å². The molecule has 0 spiro atoms. The van der Waals surface area contributed by atoms with Gasteiger partial charge in [-0.05, 0) is 38.6 Å². The highest BCUT2D eigenvalue weighted by atomic mass is 16.5. The molecule has 1 atom stereocenters. The summed E-state index contributed by atoms with van der Waals surface area (Å²) in [5.41, 5.74) is 0. The Morgan fingerprint density at radius 3 is 2.67 bits per heavy atom. The summed E-state index contributed by atoms with van der Waals surface area (Å²) < 4.78 is 5.32. The predicted molar refractivity (Wildman–Crippen MR) is 51.3 cm³/mol. The molecule has 12 heavy (non-hydrogen) atoms. The molecule has 0 aromatic heterocycles. The Bertz CT molecular complexity index is 110.